The van der Waals surface area contributed by atoms with Crippen molar-refractivity contribution in [1.82, 2.24) is 5.32 Å². The van der Waals surface area contributed by atoms with Crippen LogP contribution in [-0.4, -0.2) is 13.1 Å². The third kappa shape index (κ3) is 10.8. The molecule has 0 aliphatic heterocycles. The first kappa shape index (κ1) is 17.0. The van der Waals surface area contributed by atoms with Gasteiger partial charge in [0.25, 0.3) is 0 Å². The molecule has 0 spiro atoms. The van der Waals surface area contributed by atoms with Gasteiger partial charge >= 0.3 is 0 Å². The summed E-state index contributed by atoms with van der Waals surface area (Å²) >= 11 is 0. The molecular formula is C16H35N. The van der Waals surface area contributed by atoms with Gasteiger partial charge in [-0.15, -0.1) is 0 Å². The summed E-state index contributed by atoms with van der Waals surface area (Å²) in [4.78, 5) is 0. The van der Waals surface area contributed by atoms with Crippen molar-refractivity contribution in [3.63, 3.8) is 0 Å². The predicted molar refractivity (Wildman–Crippen MR) is 79.5 cm³/mol. The molecule has 0 aromatic heterocycles. The van der Waals surface area contributed by atoms with E-state index in [1.54, 1.807) is 0 Å². The second-order valence-electron chi connectivity index (χ2n) is 5.60. The molecule has 0 saturated heterocycles. The fourth-order valence-corrected chi connectivity index (χ4v) is 2.36. The summed E-state index contributed by atoms with van der Waals surface area (Å²) in [5, 5.41) is 3.11. The van der Waals surface area contributed by atoms with Gasteiger partial charge in [0, 0.05) is 6.04 Å². The van der Waals surface area contributed by atoms with Gasteiger partial charge in [-0.1, -0.05) is 71.6 Å². The van der Waals surface area contributed by atoms with Crippen LogP contribution in [0.3, 0.4) is 0 Å². The molecule has 1 fully saturated rings. The average Bonchev–Trinajstić information content (AvgIpc) is 2.40. The van der Waals surface area contributed by atoms with E-state index in [2.05, 4.69) is 26.1 Å². The minimum absolute atomic E-state index is 0.685. The third-order valence-corrected chi connectivity index (χ3v) is 4.05. The van der Waals surface area contributed by atoms with Crippen molar-refractivity contribution in [3.8, 4) is 0 Å². The highest BCUT2D eigenvalue weighted by Gasteiger charge is 2.11. The van der Waals surface area contributed by atoms with E-state index in [-0.39, 0.29) is 0 Å². The van der Waals surface area contributed by atoms with Crippen LogP contribution in [0.25, 0.3) is 0 Å². The summed E-state index contributed by atoms with van der Waals surface area (Å²) in [6.07, 6.45) is 14.7. The first-order valence-corrected chi connectivity index (χ1v) is 7.91. The molecule has 1 N–H and O–H groups in total. The maximum absolute atomic E-state index is 3.11. The first-order valence-electron chi connectivity index (χ1n) is 7.91. The van der Waals surface area contributed by atoms with E-state index in [1.807, 2.05) is 7.05 Å². The van der Waals surface area contributed by atoms with Crippen molar-refractivity contribution >= 4 is 0 Å². The maximum Gasteiger partial charge on any atom is 0.00331 e. The van der Waals surface area contributed by atoms with Crippen molar-refractivity contribution < 1.29 is 0 Å². The van der Waals surface area contributed by atoms with E-state index in [4.69, 9.17) is 0 Å². The SMILES string of the molecule is CCC(C)NC.CCCCCC1CCCCC1. The van der Waals surface area contributed by atoms with Crippen LogP contribution in [0.4, 0.5) is 0 Å². The third-order valence-electron chi connectivity index (χ3n) is 4.05. The van der Waals surface area contributed by atoms with Crippen LogP contribution >= 0.6 is 0 Å². The van der Waals surface area contributed by atoms with Crippen LogP contribution in [0.1, 0.15) is 85.0 Å². The summed E-state index contributed by atoms with van der Waals surface area (Å²) in [5.41, 5.74) is 0. The number of unbranched alkanes of at least 4 members (excludes halogenated alkanes) is 2. The highest BCUT2D eigenvalue weighted by atomic mass is 14.8. The minimum Gasteiger partial charge on any atom is -0.317 e. The molecule has 17 heavy (non-hydrogen) atoms. The van der Waals surface area contributed by atoms with Crippen molar-refractivity contribution in [2.45, 2.75) is 91.0 Å². The summed E-state index contributed by atoms with van der Waals surface area (Å²) in [6.45, 7) is 6.63. The van der Waals surface area contributed by atoms with E-state index < -0.39 is 0 Å². The Hall–Kier alpha value is -0.0400. The van der Waals surface area contributed by atoms with Gasteiger partial charge in [-0.05, 0) is 26.3 Å². The Balaban J connectivity index is 0.000000366. The summed E-state index contributed by atoms with van der Waals surface area (Å²) < 4.78 is 0. The van der Waals surface area contributed by atoms with Gasteiger partial charge in [0.05, 0.1) is 0 Å². The molecule has 1 rings (SSSR count). The Labute approximate surface area is 110 Å². The molecule has 1 aliphatic rings. The molecule has 0 aromatic rings. The zero-order valence-corrected chi connectivity index (χ0v) is 12.7. The van der Waals surface area contributed by atoms with Gasteiger partial charge in [-0.25, -0.2) is 0 Å². The molecule has 0 heterocycles. The zero-order chi connectivity index (χ0) is 12.9. The number of rotatable bonds is 6. The van der Waals surface area contributed by atoms with E-state index >= 15 is 0 Å². The molecule has 1 unspecified atom stereocenters. The predicted octanol–water partition coefficient (Wildman–Crippen LogP) is 5.15. The fourth-order valence-electron chi connectivity index (χ4n) is 2.36. The van der Waals surface area contributed by atoms with Crippen LogP contribution in [0.5, 0.6) is 0 Å². The lowest BCUT2D eigenvalue weighted by Crippen LogP contribution is -2.19. The number of hydrogen-bond donors (Lipinski definition) is 1. The molecule has 1 saturated carbocycles. The minimum atomic E-state index is 0.685. The molecule has 1 aliphatic carbocycles. The second-order valence-corrected chi connectivity index (χ2v) is 5.60. The van der Waals surface area contributed by atoms with E-state index in [0.717, 1.165) is 5.92 Å². The smallest absolute Gasteiger partial charge is 0.00331 e. The Bertz CT molecular complexity index is 134. The highest BCUT2D eigenvalue weighted by Crippen LogP contribution is 2.27. The average molecular weight is 241 g/mol. The lowest BCUT2D eigenvalue weighted by Gasteiger charge is -2.20. The van der Waals surface area contributed by atoms with Crippen LogP contribution in [0.2, 0.25) is 0 Å². The van der Waals surface area contributed by atoms with Gasteiger partial charge in [0.2, 0.25) is 0 Å². The maximum atomic E-state index is 3.11. The first-order chi connectivity index (χ1) is 8.24. The molecule has 0 bridgehead atoms. The Kier molecular flexibility index (Phi) is 12.4. The summed E-state index contributed by atoms with van der Waals surface area (Å²) in [5.74, 6) is 1.11. The van der Waals surface area contributed by atoms with Gasteiger partial charge in [0.1, 0.15) is 0 Å². The summed E-state index contributed by atoms with van der Waals surface area (Å²) in [6, 6.07) is 0.685. The topological polar surface area (TPSA) is 12.0 Å². The van der Waals surface area contributed by atoms with Crippen molar-refractivity contribution in [2.75, 3.05) is 7.05 Å². The zero-order valence-electron chi connectivity index (χ0n) is 12.7. The largest absolute Gasteiger partial charge is 0.317 e. The Morgan fingerprint density at radius 2 is 1.71 bits per heavy atom. The molecule has 0 aromatic carbocycles. The summed E-state index contributed by atoms with van der Waals surface area (Å²) in [7, 11) is 1.98. The molecule has 1 atom stereocenters. The van der Waals surface area contributed by atoms with Gasteiger partial charge in [-0.3, -0.25) is 0 Å². The number of nitrogens with one attached hydrogen (secondary N) is 1. The van der Waals surface area contributed by atoms with E-state index in [9.17, 15) is 0 Å². The van der Waals surface area contributed by atoms with Gasteiger partial charge < -0.3 is 5.32 Å². The van der Waals surface area contributed by atoms with Crippen LogP contribution < -0.4 is 5.32 Å². The highest BCUT2D eigenvalue weighted by molar-refractivity contribution is 4.65. The van der Waals surface area contributed by atoms with Gasteiger partial charge in [0.15, 0.2) is 0 Å². The molecule has 0 radical (unpaired) electrons. The molecule has 1 heteroatoms. The quantitative estimate of drug-likeness (QED) is 0.634. The molecular weight excluding hydrogens is 206 g/mol. The fraction of sp³-hybridized carbons (Fsp3) is 1.00. The lowest BCUT2D eigenvalue weighted by molar-refractivity contribution is 0.329. The molecule has 0 amide bonds. The number of hydrogen-bond acceptors (Lipinski definition) is 1. The molecule has 1 nitrogen and oxygen atoms in total. The normalized spacial score (nSPS) is 18.4. The Morgan fingerprint density at radius 1 is 1.06 bits per heavy atom. The van der Waals surface area contributed by atoms with E-state index in [1.165, 1.54) is 64.2 Å². The van der Waals surface area contributed by atoms with Crippen LogP contribution in [-0.2, 0) is 0 Å². The second kappa shape index (κ2) is 12.4. The lowest BCUT2D eigenvalue weighted by atomic mass is 9.86. The van der Waals surface area contributed by atoms with E-state index in [0.29, 0.717) is 6.04 Å². The Morgan fingerprint density at radius 3 is 2.12 bits per heavy atom. The van der Waals surface area contributed by atoms with Gasteiger partial charge in [-0.2, -0.15) is 0 Å². The van der Waals surface area contributed by atoms with Crippen LogP contribution in [0.15, 0.2) is 0 Å². The standard InChI is InChI=1S/C11H22.C5H13N/c1-2-3-5-8-11-9-6-4-7-10-11;1-4-5(2)6-3/h11H,2-10H2,1H3;5-6H,4H2,1-3H3. The molecule has 104 valence electrons. The van der Waals surface area contributed by atoms with Crippen LogP contribution in [0, 0.1) is 5.92 Å². The van der Waals surface area contributed by atoms with Crippen molar-refractivity contribution in [3.05, 3.63) is 0 Å². The van der Waals surface area contributed by atoms with Crippen molar-refractivity contribution in [1.29, 1.82) is 0 Å². The van der Waals surface area contributed by atoms with Crippen molar-refractivity contribution in [2.24, 2.45) is 5.92 Å². The monoisotopic (exact) mass is 241 g/mol.